The highest BCUT2D eigenvalue weighted by Gasteiger charge is 2.49. The van der Waals surface area contributed by atoms with E-state index < -0.39 is 11.7 Å². The van der Waals surface area contributed by atoms with E-state index in [0.717, 1.165) is 0 Å². The van der Waals surface area contributed by atoms with Gasteiger partial charge in [-0.1, -0.05) is 31.2 Å². The average Bonchev–Trinajstić information content (AvgIpc) is 2.46. The first kappa shape index (κ1) is 14.0. The lowest BCUT2D eigenvalue weighted by Gasteiger charge is -2.43. The van der Waals surface area contributed by atoms with Crippen molar-refractivity contribution in [2.45, 2.75) is 38.9 Å². The zero-order chi connectivity index (χ0) is 15.4. The number of ketones is 2. The van der Waals surface area contributed by atoms with Crippen LogP contribution in [0.15, 0.2) is 35.6 Å². The molecule has 1 N–H and O–H groups in total. The number of ether oxygens (including phenoxy) is 1. The SMILES string of the molecule is CC[C@H]1C2=C(OC(C)(C)[C@@H]1O)C(=O)c1ccccc1C2=O. The molecule has 0 saturated heterocycles. The van der Waals surface area contributed by atoms with E-state index in [1.165, 1.54) is 0 Å². The number of carbonyl (C=O) groups is 2. The van der Waals surface area contributed by atoms with Crippen LogP contribution in [0.4, 0.5) is 0 Å². The molecule has 1 heterocycles. The highest BCUT2D eigenvalue weighted by Crippen LogP contribution is 2.42. The topological polar surface area (TPSA) is 63.6 Å². The summed E-state index contributed by atoms with van der Waals surface area (Å²) in [6, 6.07) is 6.76. The Hall–Kier alpha value is -1.94. The Morgan fingerprint density at radius 3 is 2.29 bits per heavy atom. The van der Waals surface area contributed by atoms with Gasteiger partial charge in [0.2, 0.25) is 5.78 Å². The number of rotatable bonds is 1. The van der Waals surface area contributed by atoms with E-state index in [1.54, 1.807) is 38.1 Å². The second-order valence-corrected chi connectivity index (χ2v) is 6.11. The molecule has 0 aromatic heterocycles. The summed E-state index contributed by atoms with van der Waals surface area (Å²) in [6.45, 7) is 5.38. The first-order valence-electron chi connectivity index (χ1n) is 7.18. The van der Waals surface area contributed by atoms with Crippen LogP contribution in [-0.2, 0) is 4.74 Å². The molecule has 0 amide bonds. The maximum absolute atomic E-state index is 12.7. The van der Waals surface area contributed by atoms with Crippen LogP contribution in [0.5, 0.6) is 0 Å². The van der Waals surface area contributed by atoms with Gasteiger partial charge in [-0.15, -0.1) is 0 Å². The molecule has 0 saturated carbocycles. The van der Waals surface area contributed by atoms with Crippen molar-refractivity contribution in [3.05, 3.63) is 46.7 Å². The Labute approximate surface area is 123 Å². The quantitative estimate of drug-likeness (QED) is 0.861. The lowest BCUT2D eigenvalue weighted by atomic mass is 9.73. The van der Waals surface area contributed by atoms with Crippen molar-refractivity contribution < 1.29 is 19.4 Å². The van der Waals surface area contributed by atoms with Crippen molar-refractivity contribution in [1.82, 2.24) is 0 Å². The van der Waals surface area contributed by atoms with Gasteiger partial charge in [-0.2, -0.15) is 0 Å². The fourth-order valence-corrected chi connectivity index (χ4v) is 3.20. The number of fused-ring (bicyclic) bond motifs is 1. The predicted molar refractivity (Wildman–Crippen MR) is 77.1 cm³/mol. The first-order valence-corrected chi connectivity index (χ1v) is 7.18. The van der Waals surface area contributed by atoms with Gasteiger partial charge in [0.15, 0.2) is 11.5 Å². The minimum Gasteiger partial charge on any atom is -0.481 e. The second-order valence-electron chi connectivity index (χ2n) is 6.11. The van der Waals surface area contributed by atoms with E-state index in [9.17, 15) is 14.7 Å². The zero-order valence-electron chi connectivity index (χ0n) is 12.3. The molecular weight excluding hydrogens is 268 g/mol. The maximum atomic E-state index is 12.7. The Bertz CT molecular complexity index is 669. The standard InChI is InChI=1S/C17H18O4/c1-4-9-12-13(18)10-7-5-6-8-11(10)14(19)15(12)21-17(2,3)16(9)20/h5-9,16,20H,4H2,1-3H3/t9-,16+/m0/s1. The number of hydrogen-bond donors (Lipinski definition) is 1. The third-order valence-corrected chi connectivity index (χ3v) is 4.38. The highest BCUT2D eigenvalue weighted by molar-refractivity contribution is 6.26. The maximum Gasteiger partial charge on any atom is 0.228 e. The molecule has 21 heavy (non-hydrogen) atoms. The second kappa shape index (κ2) is 4.53. The highest BCUT2D eigenvalue weighted by atomic mass is 16.5. The van der Waals surface area contributed by atoms with Gasteiger partial charge >= 0.3 is 0 Å². The molecule has 2 atom stereocenters. The minimum atomic E-state index is -0.887. The molecule has 0 bridgehead atoms. The smallest absolute Gasteiger partial charge is 0.228 e. The number of Topliss-reactive ketones (excluding diaryl/α,β-unsaturated/α-hetero) is 2. The zero-order valence-corrected chi connectivity index (χ0v) is 12.3. The van der Waals surface area contributed by atoms with Crippen LogP contribution in [0.1, 0.15) is 47.9 Å². The molecule has 0 unspecified atom stereocenters. The number of hydrogen-bond acceptors (Lipinski definition) is 4. The summed E-state index contributed by atoms with van der Waals surface area (Å²) in [4.78, 5) is 25.4. The molecule has 4 heteroatoms. The third-order valence-electron chi connectivity index (χ3n) is 4.38. The van der Waals surface area contributed by atoms with Gasteiger partial charge in [0.25, 0.3) is 0 Å². The van der Waals surface area contributed by atoms with E-state index >= 15 is 0 Å². The Kier molecular flexibility index (Phi) is 3.02. The van der Waals surface area contributed by atoms with Gasteiger partial charge < -0.3 is 9.84 Å². The largest absolute Gasteiger partial charge is 0.481 e. The van der Waals surface area contributed by atoms with Crippen LogP contribution in [-0.4, -0.2) is 28.4 Å². The van der Waals surface area contributed by atoms with Gasteiger partial charge in [0.1, 0.15) is 11.7 Å². The van der Waals surface area contributed by atoms with Crippen molar-refractivity contribution in [2.75, 3.05) is 0 Å². The van der Waals surface area contributed by atoms with Gasteiger partial charge in [-0.3, -0.25) is 9.59 Å². The fourth-order valence-electron chi connectivity index (χ4n) is 3.20. The lowest BCUT2D eigenvalue weighted by molar-refractivity contribution is -0.103. The molecule has 1 aliphatic heterocycles. The van der Waals surface area contributed by atoms with Crippen LogP contribution in [0, 0.1) is 5.92 Å². The first-order chi connectivity index (χ1) is 9.88. The minimum absolute atomic E-state index is 0.112. The number of allylic oxidation sites excluding steroid dienone is 1. The summed E-state index contributed by atoms with van der Waals surface area (Å²) in [5.74, 6) is -0.741. The van der Waals surface area contributed by atoms with Crippen molar-refractivity contribution in [3.8, 4) is 0 Å². The molecule has 0 spiro atoms. The van der Waals surface area contributed by atoms with E-state index in [4.69, 9.17) is 4.74 Å². The third kappa shape index (κ3) is 1.86. The summed E-state index contributed by atoms with van der Waals surface area (Å²) in [5, 5.41) is 10.5. The van der Waals surface area contributed by atoms with E-state index in [-0.39, 0.29) is 23.2 Å². The summed E-state index contributed by atoms with van der Waals surface area (Å²) >= 11 is 0. The molecule has 0 fully saturated rings. The molecule has 0 radical (unpaired) electrons. The van der Waals surface area contributed by atoms with Crippen molar-refractivity contribution in [2.24, 2.45) is 5.92 Å². The van der Waals surface area contributed by atoms with Crippen molar-refractivity contribution in [3.63, 3.8) is 0 Å². The Balaban J connectivity index is 2.22. The number of aliphatic hydroxyl groups excluding tert-OH is 1. The molecule has 110 valence electrons. The number of carbonyl (C=O) groups excluding carboxylic acids is 2. The number of aliphatic hydroxyl groups is 1. The van der Waals surface area contributed by atoms with Crippen LogP contribution < -0.4 is 0 Å². The molecule has 1 aromatic carbocycles. The summed E-state index contributed by atoms with van der Waals surface area (Å²) in [7, 11) is 0. The molecular formula is C17H18O4. The normalized spacial score (nSPS) is 27.0. The molecule has 1 aromatic rings. The number of benzene rings is 1. The monoisotopic (exact) mass is 286 g/mol. The summed E-state index contributed by atoms with van der Waals surface area (Å²) in [6.07, 6.45) is -0.239. The van der Waals surface area contributed by atoms with Crippen molar-refractivity contribution >= 4 is 11.6 Å². The summed E-state index contributed by atoms with van der Waals surface area (Å²) < 4.78 is 5.72. The molecule has 1 aliphatic carbocycles. The van der Waals surface area contributed by atoms with Crippen LogP contribution in [0.25, 0.3) is 0 Å². The van der Waals surface area contributed by atoms with Crippen molar-refractivity contribution in [1.29, 1.82) is 0 Å². The van der Waals surface area contributed by atoms with Gasteiger partial charge in [0.05, 0.1) is 5.57 Å². The Morgan fingerprint density at radius 2 is 1.71 bits per heavy atom. The Morgan fingerprint density at radius 1 is 1.14 bits per heavy atom. The average molecular weight is 286 g/mol. The molecule has 4 nitrogen and oxygen atoms in total. The molecule has 3 rings (SSSR count). The summed E-state index contributed by atoms with van der Waals surface area (Å²) in [5.41, 5.74) is 0.216. The van der Waals surface area contributed by atoms with Gasteiger partial charge in [-0.25, -0.2) is 0 Å². The molecule has 2 aliphatic rings. The van der Waals surface area contributed by atoms with Gasteiger partial charge in [-0.05, 0) is 20.3 Å². The van der Waals surface area contributed by atoms with Crippen LogP contribution >= 0.6 is 0 Å². The van der Waals surface area contributed by atoms with E-state index in [0.29, 0.717) is 23.1 Å². The fraction of sp³-hybridized carbons (Fsp3) is 0.412. The van der Waals surface area contributed by atoms with Crippen LogP contribution in [0.3, 0.4) is 0 Å². The lowest BCUT2D eigenvalue weighted by Crippen LogP contribution is -2.51. The van der Waals surface area contributed by atoms with E-state index in [2.05, 4.69) is 0 Å². The van der Waals surface area contributed by atoms with E-state index in [1.807, 2.05) is 6.92 Å². The van der Waals surface area contributed by atoms with Gasteiger partial charge in [0, 0.05) is 17.0 Å². The predicted octanol–water partition coefficient (Wildman–Crippen LogP) is 2.52. The van der Waals surface area contributed by atoms with Crippen LogP contribution in [0.2, 0.25) is 0 Å².